The largest absolute Gasteiger partial charge is 0.423 e. The third kappa shape index (κ3) is 2.61. The van der Waals surface area contributed by atoms with E-state index in [0.29, 0.717) is 18.8 Å². The van der Waals surface area contributed by atoms with Crippen molar-refractivity contribution in [3.05, 3.63) is 46.8 Å². The summed E-state index contributed by atoms with van der Waals surface area (Å²) in [4.78, 5) is 25.0. The molecule has 1 aliphatic rings. The number of carbonyl (C=O) groups excluding carboxylic acids is 1. The zero-order valence-electron chi connectivity index (χ0n) is 11.2. The van der Waals surface area contributed by atoms with Crippen LogP contribution in [-0.4, -0.2) is 35.3 Å². The van der Waals surface area contributed by atoms with Gasteiger partial charge in [-0.2, -0.15) is 0 Å². The maximum absolute atomic E-state index is 11.7. The average molecular weight is 290 g/mol. The Morgan fingerprint density at radius 1 is 1.14 bits per heavy atom. The molecule has 21 heavy (non-hydrogen) atoms. The van der Waals surface area contributed by atoms with Crippen molar-refractivity contribution in [3.8, 4) is 5.69 Å². The number of anilines is 1. The first kappa shape index (κ1) is 13.6. The monoisotopic (exact) mass is 290 g/mol. The van der Waals surface area contributed by atoms with E-state index in [2.05, 4.69) is 0 Å². The summed E-state index contributed by atoms with van der Waals surface area (Å²) >= 11 is 0. The topological polar surface area (TPSA) is 84.9 Å². The van der Waals surface area contributed by atoms with E-state index in [9.17, 15) is 9.59 Å². The lowest BCUT2D eigenvalue weighted by Crippen LogP contribution is -2.41. The summed E-state index contributed by atoms with van der Waals surface area (Å²) in [5.41, 5.74) is 1.36. The number of amides is 1. The van der Waals surface area contributed by atoms with Crippen LogP contribution in [0.1, 0.15) is 5.76 Å². The predicted molar refractivity (Wildman–Crippen MR) is 73.4 cm³/mol. The van der Waals surface area contributed by atoms with Gasteiger partial charge in [0.05, 0.1) is 18.5 Å². The van der Waals surface area contributed by atoms with Crippen LogP contribution in [0.3, 0.4) is 0 Å². The van der Waals surface area contributed by atoms with E-state index in [1.165, 1.54) is 10.8 Å². The Morgan fingerprint density at radius 2 is 1.86 bits per heavy atom. The zero-order valence-corrected chi connectivity index (χ0v) is 11.2. The van der Waals surface area contributed by atoms with Crippen LogP contribution in [0.15, 0.2) is 39.7 Å². The van der Waals surface area contributed by atoms with Gasteiger partial charge in [0.25, 0.3) is 5.91 Å². The highest BCUT2D eigenvalue weighted by Crippen LogP contribution is 2.19. The molecule has 0 atom stereocenters. The number of nitrogens with zero attached hydrogens (tertiary/aromatic N) is 2. The average Bonchev–Trinajstić information content (AvgIpc) is 2.89. The van der Waals surface area contributed by atoms with Gasteiger partial charge in [-0.3, -0.25) is 4.79 Å². The first-order valence-corrected chi connectivity index (χ1v) is 6.50. The minimum absolute atomic E-state index is 0.0861. The number of hydrogen-bond donors (Lipinski definition) is 1. The van der Waals surface area contributed by atoms with Gasteiger partial charge in [0.1, 0.15) is 13.2 Å². The Morgan fingerprint density at radius 3 is 2.48 bits per heavy atom. The SMILES string of the molecule is O=C1COCCN1c1ccc(-n2cc(CO)oc2=O)cc1. The smallest absolute Gasteiger partial charge is 0.410 e. The van der Waals surface area contributed by atoms with Crippen LogP contribution in [0.5, 0.6) is 0 Å². The molecule has 7 nitrogen and oxygen atoms in total. The van der Waals surface area contributed by atoms with Gasteiger partial charge in [-0.25, -0.2) is 9.36 Å². The minimum atomic E-state index is -0.561. The van der Waals surface area contributed by atoms with Gasteiger partial charge in [-0.05, 0) is 24.3 Å². The molecular weight excluding hydrogens is 276 g/mol. The molecule has 0 aliphatic carbocycles. The number of morpholine rings is 1. The Hall–Kier alpha value is -2.38. The van der Waals surface area contributed by atoms with Crippen molar-refractivity contribution in [2.24, 2.45) is 0 Å². The van der Waals surface area contributed by atoms with Crippen LogP contribution in [0, 0.1) is 0 Å². The highest BCUT2D eigenvalue weighted by Gasteiger charge is 2.20. The van der Waals surface area contributed by atoms with Gasteiger partial charge in [-0.1, -0.05) is 0 Å². The fraction of sp³-hybridized carbons (Fsp3) is 0.286. The van der Waals surface area contributed by atoms with Crippen LogP contribution in [0.25, 0.3) is 5.69 Å². The fourth-order valence-electron chi connectivity index (χ4n) is 2.22. The maximum atomic E-state index is 11.7. The Labute approximate surface area is 120 Å². The van der Waals surface area contributed by atoms with Crippen LogP contribution in [0.4, 0.5) is 5.69 Å². The molecule has 1 amide bonds. The summed E-state index contributed by atoms with van der Waals surface area (Å²) < 4.78 is 11.2. The van der Waals surface area contributed by atoms with E-state index in [4.69, 9.17) is 14.3 Å². The van der Waals surface area contributed by atoms with Crippen molar-refractivity contribution in [2.45, 2.75) is 6.61 Å². The van der Waals surface area contributed by atoms with Crippen LogP contribution in [-0.2, 0) is 16.1 Å². The number of oxazole rings is 1. The summed E-state index contributed by atoms with van der Waals surface area (Å²) in [5.74, 6) is -0.446. The summed E-state index contributed by atoms with van der Waals surface area (Å²) in [6.07, 6.45) is 1.44. The third-order valence-corrected chi connectivity index (χ3v) is 3.27. The van der Waals surface area contributed by atoms with Gasteiger partial charge in [0, 0.05) is 12.2 Å². The maximum Gasteiger partial charge on any atom is 0.423 e. The van der Waals surface area contributed by atoms with Crippen molar-refractivity contribution in [3.63, 3.8) is 0 Å². The number of benzene rings is 1. The molecule has 1 aromatic carbocycles. The van der Waals surface area contributed by atoms with E-state index in [-0.39, 0.29) is 24.9 Å². The molecule has 1 aliphatic heterocycles. The lowest BCUT2D eigenvalue weighted by molar-refractivity contribution is -0.125. The summed E-state index contributed by atoms with van der Waals surface area (Å²) in [5, 5.41) is 8.96. The number of rotatable bonds is 3. The molecule has 0 bridgehead atoms. The van der Waals surface area contributed by atoms with Gasteiger partial charge in [0.15, 0.2) is 5.76 Å². The summed E-state index contributed by atoms with van der Waals surface area (Å²) in [7, 11) is 0. The van der Waals surface area contributed by atoms with Crippen LogP contribution >= 0.6 is 0 Å². The minimum Gasteiger partial charge on any atom is -0.410 e. The number of aliphatic hydroxyl groups excluding tert-OH is 1. The van der Waals surface area contributed by atoms with Gasteiger partial charge in [0.2, 0.25) is 0 Å². The molecular formula is C14H14N2O5. The van der Waals surface area contributed by atoms with E-state index in [0.717, 1.165) is 5.69 Å². The highest BCUT2D eigenvalue weighted by molar-refractivity contribution is 5.94. The van der Waals surface area contributed by atoms with Crippen LogP contribution in [0.2, 0.25) is 0 Å². The Bertz CT molecular complexity index is 701. The molecule has 2 heterocycles. The van der Waals surface area contributed by atoms with E-state index < -0.39 is 5.76 Å². The number of ether oxygens (including phenoxy) is 1. The van der Waals surface area contributed by atoms with Crippen molar-refractivity contribution in [2.75, 3.05) is 24.7 Å². The van der Waals surface area contributed by atoms with Crippen molar-refractivity contribution < 1.29 is 19.1 Å². The normalized spacial score (nSPS) is 15.5. The Balaban J connectivity index is 1.88. The lowest BCUT2D eigenvalue weighted by atomic mass is 10.2. The second-order valence-electron chi connectivity index (χ2n) is 4.61. The quantitative estimate of drug-likeness (QED) is 0.878. The highest BCUT2D eigenvalue weighted by atomic mass is 16.5. The molecule has 0 saturated carbocycles. The zero-order chi connectivity index (χ0) is 14.8. The number of aromatic nitrogens is 1. The predicted octanol–water partition coefficient (Wildman–Crippen LogP) is 0.286. The lowest BCUT2D eigenvalue weighted by Gasteiger charge is -2.26. The van der Waals surface area contributed by atoms with E-state index in [1.54, 1.807) is 29.2 Å². The van der Waals surface area contributed by atoms with E-state index in [1.807, 2.05) is 0 Å². The summed E-state index contributed by atoms with van der Waals surface area (Å²) in [6, 6.07) is 6.96. The second-order valence-corrected chi connectivity index (χ2v) is 4.61. The molecule has 0 unspecified atom stereocenters. The fourth-order valence-corrected chi connectivity index (χ4v) is 2.22. The van der Waals surface area contributed by atoms with E-state index >= 15 is 0 Å². The number of carbonyl (C=O) groups is 1. The molecule has 7 heteroatoms. The molecule has 3 rings (SSSR count). The van der Waals surface area contributed by atoms with Crippen molar-refractivity contribution in [1.29, 1.82) is 0 Å². The van der Waals surface area contributed by atoms with Gasteiger partial charge >= 0.3 is 5.76 Å². The second kappa shape index (κ2) is 5.55. The first-order valence-electron chi connectivity index (χ1n) is 6.50. The molecule has 0 radical (unpaired) electrons. The number of aliphatic hydroxyl groups is 1. The van der Waals surface area contributed by atoms with Crippen molar-refractivity contribution in [1.82, 2.24) is 4.57 Å². The molecule has 1 saturated heterocycles. The molecule has 0 spiro atoms. The summed E-state index contributed by atoms with van der Waals surface area (Å²) in [6.45, 7) is 0.776. The van der Waals surface area contributed by atoms with Crippen molar-refractivity contribution >= 4 is 11.6 Å². The molecule has 2 aromatic rings. The molecule has 110 valence electrons. The molecule has 1 aromatic heterocycles. The first-order chi connectivity index (χ1) is 10.2. The van der Waals surface area contributed by atoms with Gasteiger partial charge in [-0.15, -0.1) is 0 Å². The Kier molecular flexibility index (Phi) is 3.59. The standard InChI is InChI=1S/C14H14N2O5/c17-8-12-7-16(14(19)21-12)11-3-1-10(2-4-11)15-5-6-20-9-13(15)18/h1-4,7,17H,5-6,8-9H2. The number of hydrogen-bond acceptors (Lipinski definition) is 5. The molecule has 1 fully saturated rings. The molecule has 1 N–H and O–H groups in total. The third-order valence-electron chi connectivity index (χ3n) is 3.27. The van der Waals surface area contributed by atoms with Crippen LogP contribution < -0.4 is 10.7 Å². The van der Waals surface area contributed by atoms with Gasteiger partial charge < -0.3 is 19.2 Å².